The van der Waals surface area contributed by atoms with E-state index in [4.69, 9.17) is 4.74 Å². The van der Waals surface area contributed by atoms with E-state index in [-0.39, 0.29) is 24.5 Å². The summed E-state index contributed by atoms with van der Waals surface area (Å²) in [5.74, 6) is -0.290. The van der Waals surface area contributed by atoms with Gasteiger partial charge < -0.3 is 15.0 Å². The van der Waals surface area contributed by atoms with E-state index in [2.05, 4.69) is 17.9 Å². The van der Waals surface area contributed by atoms with Crippen LogP contribution in [0.4, 0.5) is 0 Å². The van der Waals surface area contributed by atoms with E-state index in [1.54, 1.807) is 23.1 Å². The minimum atomic E-state index is -0.556. The van der Waals surface area contributed by atoms with Crippen LogP contribution >= 0.6 is 12.6 Å². The Morgan fingerprint density at radius 3 is 2.76 bits per heavy atom. The van der Waals surface area contributed by atoms with Crippen LogP contribution in [0.5, 0.6) is 0 Å². The van der Waals surface area contributed by atoms with Crippen molar-refractivity contribution in [1.82, 2.24) is 10.2 Å². The lowest BCUT2D eigenvalue weighted by molar-refractivity contribution is -0.130. The van der Waals surface area contributed by atoms with Gasteiger partial charge in [0, 0.05) is 17.5 Å². The standard InChI is InChI=1S/C15H18N2O3S/c18-14(16-10-5-6-10)12-9-20-8-7-17(12)15(19)11-3-1-2-4-13(11)21/h1-4,10,12,21H,5-9H2,(H,16,18). The van der Waals surface area contributed by atoms with Crippen LogP contribution < -0.4 is 5.32 Å². The van der Waals surface area contributed by atoms with Crippen LogP contribution in [0.25, 0.3) is 0 Å². The van der Waals surface area contributed by atoms with Crippen LogP contribution in [0.2, 0.25) is 0 Å². The molecule has 1 aliphatic heterocycles. The van der Waals surface area contributed by atoms with Crippen molar-refractivity contribution in [3.05, 3.63) is 29.8 Å². The molecule has 1 N–H and O–H groups in total. The Balaban J connectivity index is 1.78. The number of benzene rings is 1. The number of thiol groups is 1. The second-order valence-corrected chi connectivity index (χ2v) is 5.87. The van der Waals surface area contributed by atoms with E-state index in [1.165, 1.54) is 0 Å². The predicted molar refractivity (Wildman–Crippen MR) is 80.5 cm³/mol. The molecular formula is C15H18N2O3S. The van der Waals surface area contributed by atoms with E-state index in [0.717, 1.165) is 12.8 Å². The Bertz CT molecular complexity index is 560. The molecule has 0 bridgehead atoms. The average Bonchev–Trinajstić information content (AvgIpc) is 3.31. The molecule has 0 spiro atoms. The zero-order chi connectivity index (χ0) is 14.8. The molecule has 1 saturated carbocycles. The molecule has 5 nitrogen and oxygen atoms in total. The maximum atomic E-state index is 12.7. The second kappa shape index (κ2) is 6.07. The maximum absolute atomic E-state index is 12.7. The van der Waals surface area contributed by atoms with Crippen LogP contribution in [0.3, 0.4) is 0 Å². The normalized spacial score (nSPS) is 22.0. The first-order chi connectivity index (χ1) is 10.2. The van der Waals surface area contributed by atoms with Crippen molar-refractivity contribution in [3.8, 4) is 0 Å². The van der Waals surface area contributed by atoms with Gasteiger partial charge in [0.25, 0.3) is 5.91 Å². The number of carbonyl (C=O) groups excluding carboxylic acids is 2. The smallest absolute Gasteiger partial charge is 0.255 e. The van der Waals surface area contributed by atoms with Crippen molar-refractivity contribution >= 4 is 24.4 Å². The van der Waals surface area contributed by atoms with Crippen molar-refractivity contribution in [2.45, 2.75) is 29.8 Å². The van der Waals surface area contributed by atoms with Gasteiger partial charge in [0.05, 0.1) is 18.8 Å². The molecule has 3 rings (SSSR count). The van der Waals surface area contributed by atoms with Gasteiger partial charge in [-0.05, 0) is 25.0 Å². The first kappa shape index (κ1) is 14.4. The van der Waals surface area contributed by atoms with Crippen molar-refractivity contribution in [2.24, 2.45) is 0 Å². The molecule has 1 aromatic rings. The van der Waals surface area contributed by atoms with Crippen LogP contribution in [-0.4, -0.2) is 48.6 Å². The van der Waals surface area contributed by atoms with E-state index >= 15 is 0 Å². The van der Waals surface area contributed by atoms with Gasteiger partial charge in [0.2, 0.25) is 5.91 Å². The lowest BCUT2D eigenvalue weighted by Gasteiger charge is -2.34. The highest BCUT2D eigenvalue weighted by atomic mass is 32.1. The highest BCUT2D eigenvalue weighted by Gasteiger charge is 2.36. The molecule has 112 valence electrons. The summed E-state index contributed by atoms with van der Waals surface area (Å²) in [6.45, 7) is 1.12. The zero-order valence-electron chi connectivity index (χ0n) is 11.6. The molecule has 1 heterocycles. The number of rotatable bonds is 3. The fraction of sp³-hybridized carbons (Fsp3) is 0.467. The van der Waals surface area contributed by atoms with Crippen LogP contribution in [-0.2, 0) is 9.53 Å². The Morgan fingerprint density at radius 2 is 2.05 bits per heavy atom. The van der Waals surface area contributed by atoms with E-state index < -0.39 is 6.04 Å². The number of amides is 2. The molecule has 0 radical (unpaired) electrons. The topological polar surface area (TPSA) is 58.6 Å². The minimum Gasteiger partial charge on any atom is -0.377 e. The summed E-state index contributed by atoms with van der Waals surface area (Å²) >= 11 is 4.32. The molecule has 2 aliphatic rings. The maximum Gasteiger partial charge on any atom is 0.255 e. The van der Waals surface area contributed by atoms with Gasteiger partial charge in [-0.3, -0.25) is 9.59 Å². The van der Waals surface area contributed by atoms with E-state index in [1.807, 2.05) is 6.07 Å². The van der Waals surface area contributed by atoms with E-state index in [9.17, 15) is 9.59 Å². The van der Waals surface area contributed by atoms with Gasteiger partial charge in [0.15, 0.2) is 0 Å². The highest BCUT2D eigenvalue weighted by molar-refractivity contribution is 7.80. The third kappa shape index (κ3) is 3.22. The molecule has 1 atom stereocenters. The fourth-order valence-corrected chi connectivity index (χ4v) is 2.65. The van der Waals surface area contributed by atoms with Crippen LogP contribution in [0.15, 0.2) is 29.2 Å². The summed E-state index contributed by atoms with van der Waals surface area (Å²) in [5, 5.41) is 2.94. The van der Waals surface area contributed by atoms with Gasteiger partial charge in [-0.2, -0.15) is 0 Å². The number of ether oxygens (including phenoxy) is 1. The van der Waals surface area contributed by atoms with Crippen LogP contribution in [0, 0.1) is 0 Å². The molecule has 2 fully saturated rings. The van der Waals surface area contributed by atoms with Gasteiger partial charge >= 0.3 is 0 Å². The molecule has 1 aromatic carbocycles. The lowest BCUT2D eigenvalue weighted by Crippen LogP contribution is -2.56. The first-order valence-corrected chi connectivity index (χ1v) is 7.58. The van der Waals surface area contributed by atoms with Crippen molar-refractivity contribution in [3.63, 3.8) is 0 Å². The van der Waals surface area contributed by atoms with Gasteiger partial charge in [0.1, 0.15) is 6.04 Å². The number of hydrogen-bond acceptors (Lipinski definition) is 4. The largest absolute Gasteiger partial charge is 0.377 e. The Kier molecular flexibility index (Phi) is 4.17. The lowest BCUT2D eigenvalue weighted by atomic mass is 10.1. The molecule has 0 aromatic heterocycles. The molecular weight excluding hydrogens is 288 g/mol. The quantitative estimate of drug-likeness (QED) is 0.822. The zero-order valence-corrected chi connectivity index (χ0v) is 12.5. The molecule has 21 heavy (non-hydrogen) atoms. The summed E-state index contributed by atoms with van der Waals surface area (Å²) in [5.41, 5.74) is 0.520. The van der Waals surface area contributed by atoms with Gasteiger partial charge in [-0.25, -0.2) is 0 Å². The van der Waals surface area contributed by atoms with Crippen LogP contribution in [0.1, 0.15) is 23.2 Å². The van der Waals surface area contributed by atoms with Crippen molar-refractivity contribution in [1.29, 1.82) is 0 Å². The Hall–Kier alpha value is -1.53. The Labute approximate surface area is 129 Å². The summed E-state index contributed by atoms with van der Waals surface area (Å²) < 4.78 is 5.38. The third-order valence-electron chi connectivity index (χ3n) is 3.75. The summed E-state index contributed by atoms with van der Waals surface area (Å²) in [7, 11) is 0. The van der Waals surface area contributed by atoms with Crippen molar-refractivity contribution in [2.75, 3.05) is 19.8 Å². The summed E-state index contributed by atoms with van der Waals surface area (Å²) in [4.78, 5) is 27.2. The second-order valence-electron chi connectivity index (χ2n) is 5.39. The van der Waals surface area contributed by atoms with Gasteiger partial charge in [-0.1, -0.05) is 12.1 Å². The summed E-state index contributed by atoms with van der Waals surface area (Å²) in [6.07, 6.45) is 2.04. The molecule has 2 amide bonds. The molecule has 1 aliphatic carbocycles. The monoisotopic (exact) mass is 306 g/mol. The van der Waals surface area contributed by atoms with Gasteiger partial charge in [-0.15, -0.1) is 12.6 Å². The molecule has 1 unspecified atom stereocenters. The Morgan fingerprint density at radius 1 is 1.29 bits per heavy atom. The summed E-state index contributed by atoms with van der Waals surface area (Å²) in [6, 6.07) is 6.85. The number of hydrogen-bond donors (Lipinski definition) is 2. The molecule has 6 heteroatoms. The SMILES string of the molecule is O=C(NC1CC1)C1COCCN1C(=O)c1ccccc1S. The number of carbonyl (C=O) groups is 2. The predicted octanol–water partition coefficient (Wildman–Crippen LogP) is 1.09. The number of morpholine rings is 1. The first-order valence-electron chi connectivity index (χ1n) is 7.14. The number of nitrogens with zero attached hydrogens (tertiary/aromatic N) is 1. The van der Waals surface area contributed by atoms with Crippen molar-refractivity contribution < 1.29 is 14.3 Å². The average molecular weight is 306 g/mol. The fourth-order valence-electron chi connectivity index (χ4n) is 2.40. The number of nitrogens with one attached hydrogen (secondary N) is 1. The molecule has 1 saturated heterocycles. The van der Waals surface area contributed by atoms with E-state index in [0.29, 0.717) is 23.6 Å². The third-order valence-corrected chi connectivity index (χ3v) is 4.14. The highest BCUT2D eigenvalue weighted by Crippen LogP contribution is 2.21. The minimum absolute atomic E-state index is 0.123.